The van der Waals surface area contributed by atoms with Crippen molar-refractivity contribution in [3.05, 3.63) is 0 Å². The molecule has 1 aliphatic heterocycles. The Labute approximate surface area is 122 Å². The van der Waals surface area contributed by atoms with Crippen LogP contribution < -0.4 is 5.32 Å². The lowest BCUT2D eigenvalue weighted by Gasteiger charge is -2.18. The zero-order chi connectivity index (χ0) is 13.8. The smallest absolute Gasteiger partial charge is 0.0897 e. The number of hydrogen-bond acceptors (Lipinski definition) is 4. The highest BCUT2D eigenvalue weighted by atomic mass is 16.5. The summed E-state index contributed by atoms with van der Waals surface area (Å²) >= 11 is 0. The molecule has 0 aromatic heterocycles. The summed E-state index contributed by atoms with van der Waals surface area (Å²) in [5, 5.41) is 13.4. The average Bonchev–Trinajstić information content (AvgIpc) is 2.99. The third-order valence-electron chi connectivity index (χ3n) is 5.02. The van der Waals surface area contributed by atoms with Crippen molar-refractivity contribution in [1.82, 2.24) is 10.2 Å². The number of nitrogens with one attached hydrogen (secondary N) is 1. The maximum atomic E-state index is 9.94. The van der Waals surface area contributed by atoms with Gasteiger partial charge in [-0.3, -0.25) is 0 Å². The fourth-order valence-corrected chi connectivity index (χ4v) is 3.62. The molecule has 116 valence electrons. The Bertz CT molecular complexity index is 290. The Hall–Kier alpha value is -0.160. The van der Waals surface area contributed by atoms with Crippen LogP contribution in [0.5, 0.6) is 0 Å². The van der Waals surface area contributed by atoms with Gasteiger partial charge in [-0.05, 0) is 51.1 Å². The van der Waals surface area contributed by atoms with Crippen molar-refractivity contribution in [3.8, 4) is 0 Å². The first-order valence-corrected chi connectivity index (χ1v) is 8.55. The van der Waals surface area contributed by atoms with Gasteiger partial charge in [-0.25, -0.2) is 0 Å². The van der Waals surface area contributed by atoms with E-state index in [0.29, 0.717) is 19.3 Å². The van der Waals surface area contributed by atoms with Gasteiger partial charge >= 0.3 is 0 Å². The molecule has 4 nitrogen and oxygen atoms in total. The van der Waals surface area contributed by atoms with Gasteiger partial charge in [0.05, 0.1) is 18.8 Å². The number of aliphatic hydroxyl groups is 1. The molecular formula is C16H30N2O2. The summed E-state index contributed by atoms with van der Waals surface area (Å²) in [5.74, 6) is 0.776. The highest BCUT2D eigenvalue weighted by Crippen LogP contribution is 2.31. The normalized spacial score (nSPS) is 30.1. The molecule has 2 aliphatic carbocycles. The summed E-state index contributed by atoms with van der Waals surface area (Å²) in [4.78, 5) is 2.64. The molecule has 20 heavy (non-hydrogen) atoms. The van der Waals surface area contributed by atoms with E-state index in [1.807, 2.05) is 0 Å². The molecular weight excluding hydrogens is 252 g/mol. The van der Waals surface area contributed by atoms with E-state index in [9.17, 15) is 5.11 Å². The van der Waals surface area contributed by atoms with E-state index in [2.05, 4.69) is 10.2 Å². The van der Waals surface area contributed by atoms with Crippen LogP contribution in [-0.4, -0.2) is 61.0 Å². The maximum absolute atomic E-state index is 9.94. The van der Waals surface area contributed by atoms with Gasteiger partial charge in [0.1, 0.15) is 0 Å². The summed E-state index contributed by atoms with van der Waals surface area (Å²) in [6.07, 6.45) is 9.14. The fourth-order valence-electron chi connectivity index (χ4n) is 3.62. The van der Waals surface area contributed by atoms with Crippen LogP contribution in [0.25, 0.3) is 0 Å². The van der Waals surface area contributed by atoms with Gasteiger partial charge in [0, 0.05) is 19.1 Å². The molecule has 0 spiro atoms. The zero-order valence-electron chi connectivity index (χ0n) is 12.6. The Kier molecular flexibility index (Phi) is 5.32. The second-order valence-electron chi connectivity index (χ2n) is 6.93. The van der Waals surface area contributed by atoms with Crippen LogP contribution in [0.15, 0.2) is 0 Å². The van der Waals surface area contributed by atoms with E-state index in [1.54, 1.807) is 0 Å². The summed E-state index contributed by atoms with van der Waals surface area (Å²) in [7, 11) is 0. The van der Waals surface area contributed by atoms with E-state index in [0.717, 1.165) is 18.5 Å². The lowest BCUT2D eigenvalue weighted by molar-refractivity contribution is -0.00559. The summed E-state index contributed by atoms with van der Waals surface area (Å²) in [5.41, 5.74) is 0. The first-order chi connectivity index (χ1) is 9.81. The Morgan fingerprint density at radius 1 is 1.15 bits per heavy atom. The minimum atomic E-state index is -0.350. The van der Waals surface area contributed by atoms with Crippen LogP contribution in [-0.2, 0) is 4.74 Å². The standard InChI is InChI=1S/C16H30N2O2/c19-15(12-20-16-3-1-2-4-16)10-17-9-13-7-8-18(11-13)14-5-6-14/h13-17,19H,1-12H2. The molecule has 4 heteroatoms. The molecule has 0 bridgehead atoms. The van der Waals surface area contributed by atoms with Crippen LogP contribution >= 0.6 is 0 Å². The maximum Gasteiger partial charge on any atom is 0.0897 e. The van der Waals surface area contributed by atoms with Crippen molar-refractivity contribution in [2.45, 2.75) is 63.2 Å². The lowest BCUT2D eigenvalue weighted by Crippen LogP contribution is -2.35. The van der Waals surface area contributed by atoms with Crippen molar-refractivity contribution in [2.75, 3.05) is 32.8 Å². The van der Waals surface area contributed by atoms with Gasteiger partial charge < -0.3 is 20.1 Å². The van der Waals surface area contributed by atoms with Crippen LogP contribution in [0.4, 0.5) is 0 Å². The van der Waals surface area contributed by atoms with Gasteiger partial charge in [-0.1, -0.05) is 12.8 Å². The molecule has 3 fully saturated rings. The molecule has 0 aromatic rings. The van der Waals surface area contributed by atoms with Crippen molar-refractivity contribution < 1.29 is 9.84 Å². The molecule has 2 atom stereocenters. The molecule has 1 heterocycles. The highest BCUT2D eigenvalue weighted by molar-refractivity contribution is 4.90. The summed E-state index contributed by atoms with van der Waals surface area (Å²) in [6.45, 7) is 4.75. The molecule has 0 amide bonds. The number of ether oxygens (including phenoxy) is 1. The molecule has 0 aromatic carbocycles. The second-order valence-corrected chi connectivity index (χ2v) is 6.93. The predicted octanol–water partition coefficient (Wildman–Crippen LogP) is 1.38. The molecule has 0 radical (unpaired) electrons. The van der Waals surface area contributed by atoms with E-state index in [1.165, 1.54) is 58.0 Å². The van der Waals surface area contributed by atoms with Gasteiger partial charge in [0.2, 0.25) is 0 Å². The quantitative estimate of drug-likeness (QED) is 0.706. The van der Waals surface area contributed by atoms with Crippen molar-refractivity contribution in [2.24, 2.45) is 5.92 Å². The molecule has 1 saturated heterocycles. The second kappa shape index (κ2) is 7.21. The van der Waals surface area contributed by atoms with Crippen LogP contribution in [0.3, 0.4) is 0 Å². The van der Waals surface area contributed by atoms with E-state index in [-0.39, 0.29) is 6.10 Å². The van der Waals surface area contributed by atoms with E-state index in [4.69, 9.17) is 4.74 Å². The number of aliphatic hydroxyl groups excluding tert-OH is 1. The number of nitrogens with zero attached hydrogens (tertiary/aromatic N) is 1. The number of likely N-dealkylation sites (tertiary alicyclic amines) is 1. The van der Waals surface area contributed by atoms with Gasteiger partial charge in [-0.2, -0.15) is 0 Å². The van der Waals surface area contributed by atoms with Crippen LogP contribution in [0.1, 0.15) is 44.9 Å². The Morgan fingerprint density at radius 3 is 2.70 bits per heavy atom. The van der Waals surface area contributed by atoms with Crippen molar-refractivity contribution >= 4 is 0 Å². The van der Waals surface area contributed by atoms with Gasteiger partial charge in [0.15, 0.2) is 0 Å². The van der Waals surface area contributed by atoms with Crippen molar-refractivity contribution in [3.63, 3.8) is 0 Å². The minimum absolute atomic E-state index is 0.350. The van der Waals surface area contributed by atoms with E-state index >= 15 is 0 Å². The van der Waals surface area contributed by atoms with E-state index < -0.39 is 0 Å². The van der Waals surface area contributed by atoms with Crippen LogP contribution in [0.2, 0.25) is 0 Å². The molecule has 3 aliphatic rings. The molecule has 2 saturated carbocycles. The molecule has 2 N–H and O–H groups in total. The predicted molar refractivity (Wildman–Crippen MR) is 79.8 cm³/mol. The fraction of sp³-hybridized carbons (Fsp3) is 1.00. The first-order valence-electron chi connectivity index (χ1n) is 8.55. The molecule has 2 unspecified atom stereocenters. The van der Waals surface area contributed by atoms with Gasteiger partial charge in [-0.15, -0.1) is 0 Å². The topological polar surface area (TPSA) is 44.7 Å². The monoisotopic (exact) mass is 282 g/mol. The van der Waals surface area contributed by atoms with Crippen LogP contribution in [0, 0.1) is 5.92 Å². The zero-order valence-corrected chi connectivity index (χ0v) is 12.6. The molecule has 3 rings (SSSR count). The Morgan fingerprint density at radius 2 is 1.95 bits per heavy atom. The minimum Gasteiger partial charge on any atom is -0.389 e. The number of rotatable bonds is 8. The lowest BCUT2D eigenvalue weighted by atomic mass is 10.1. The third kappa shape index (κ3) is 4.42. The summed E-state index contributed by atoms with van der Waals surface area (Å²) in [6, 6.07) is 0.908. The van der Waals surface area contributed by atoms with Gasteiger partial charge in [0.25, 0.3) is 0 Å². The Balaban J connectivity index is 1.22. The third-order valence-corrected chi connectivity index (χ3v) is 5.02. The summed E-state index contributed by atoms with van der Waals surface area (Å²) < 4.78 is 5.75. The largest absolute Gasteiger partial charge is 0.389 e. The first kappa shape index (κ1) is 14.8. The number of hydrogen-bond donors (Lipinski definition) is 2. The van der Waals surface area contributed by atoms with Crippen molar-refractivity contribution in [1.29, 1.82) is 0 Å². The average molecular weight is 282 g/mol. The highest BCUT2D eigenvalue weighted by Gasteiger charge is 2.34. The SMILES string of the molecule is OC(CNCC1CCN(C2CC2)C1)COC1CCCC1.